The monoisotopic (exact) mass is 230 g/mol. The fourth-order valence-electron chi connectivity index (χ4n) is 2.03. The first-order chi connectivity index (χ1) is 8.20. The van der Waals surface area contributed by atoms with Crippen molar-refractivity contribution in [2.75, 3.05) is 13.1 Å². The Labute approximate surface area is 100 Å². The van der Waals surface area contributed by atoms with Crippen LogP contribution in [0.25, 0.3) is 0 Å². The molecule has 0 bridgehead atoms. The zero-order chi connectivity index (χ0) is 12.3. The van der Waals surface area contributed by atoms with Gasteiger partial charge >= 0.3 is 0 Å². The minimum absolute atomic E-state index is 0.0720. The van der Waals surface area contributed by atoms with E-state index in [0.717, 1.165) is 12.8 Å². The summed E-state index contributed by atoms with van der Waals surface area (Å²) in [6.07, 6.45) is 1.47. The normalized spacial score (nSPS) is 16.5. The fraction of sp³-hybridized carbons (Fsp3) is 0.385. The molecule has 0 unspecified atom stereocenters. The minimum atomic E-state index is -0.0720. The predicted octanol–water partition coefficient (Wildman–Crippen LogP) is 1.77. The highest BCUT2D eigenvalue weighted by Gasteiger charge is 2.23. The van der Waals surface area contributed by atoms with Crippen LogP contribution in [0.1, 0.15) is 23.2 Å². The lowest BCUT2D eigenvalue weighted by molar-refractivity contribution is 0.0707. The molecule has 4 heteroatoms. The Kier molecular flexibility index (Phi) is 3.29. The van der Waals surface area contributed by atoms with Crippen LogP contribution in [-0.4, -0.2) is 29.0 Å². The number of phenols is 1. The molecule has 1 aromatic carbocycles. The highest BCUT2D eigenvalue weighted by atomic mass is 16.3. The first-order valence-corrected chi connectivity index (χ1v) is 5.68. The maximum absolute atomic E-state index is 12.1. The Morgan fingerprint density at radius 1 is 1.41 bits per heavy atom. The molecule has 0 spiro atoms. The minimum Gasteiger partial charge on any atom is -0.508 e. The van der Waals surface area contributed by atoms with Gasteiger partial charge in [0.2, 0.25) is 0 Å². The van der Waals surface area contributed by atoms with E-state index in [4.69, 9.17) is 5.26 Å². The van der Waals surface area contributed by atoms with Crippen LogP contribution in [0.3, 0.4) is 0 Å². The Morgan fingerprint density at radius 2 is 2.12 bits per heavy atom. The number of nitriles is 1. The van der Waals surface area contributed by atoms with Gasteiger partial charge in [0.1, 0.15) is 5.75 Å². The van der Waals surface area contributed by atoms with Crippen LogP contribution in [-0.2, 0) is 0 Å². The van der Waals surface area contributed by atoms with Gasteiger partial charge in [-0.2, -0.15) is 5.26 Å². The van der Waals surface area contributed by atoms with Gasteiger partial charge in [-0.15, -0.1) is 0 Å². The first-order valence-electron chi connectivity index (χ1n) is 5.68. The van der Waals surface area contributed by atoms with Crippen molar-refractivity contribution in [2.45, 2.75) is 12.8 Å². The van der Waals surface area contributed by atoms with Crippen molar-refractivity contribution in [3.63, 3.8) is 0 Å². The third-order valence-corrected chi connectivity index (χ3v) is 3.06. The van der Waals surface area contributed by atoms with E-state index in [1.807, 2.05) is 0 Å². The maximum atomic E-state index is 12.1. The molecule has 17 heavy (non-hydrogen) atoms. The van der Waals surface area contributed by atoms with Crippen LogP contribution >= 0.6 is 0 Å². The van der Waals surface area contributed by atoms with E-state index in [0.29, 0.717) is 18.7 Å². The van der Waals surface area contributed by atoms with E-state index in [1.54, 1.807) is 23.1 Å². The number of carbonyl (C=O) groups is 1. The molecule has 88 valence electrons. The van der Waals surface area contributed by atoms with Gasteiger partial charge in [0.05, 0.1) is 6.07 Å². The summed E-state index contributed by atoms with van der Waals surface area (Å²) >= 11 is 0. The van der Waals surface area contributed by atoms with Crippen molar-refractivity contribution < 1.29 is 9.90 Å². The molecule has 1 N–H and O–H groups in total. The summed E-state index contributed by atoms with van der Waals surface area (Å²) in [5, 5.41) is 18.1. The number of hydrogen-bond donors (Lipinski definition) is 1. The molecule has 0 radical (unpaired) electrons. The quantitative estimate of drug-likeness (QED) is 0.799. The van der Waals surface area contributed by atoms with E-state index in [-0.39, 0.29) is 17.6 Å². The number of amides is 1. The fourth-order valence-corrected chi connectivity index (χ4v) is 2.03. The third kappa shape index (κ3) is 2.56. The summed E-state index contributed by atoms with van der Waals surface area (Å²) < 4.78 is 0. The summed E-state index contributed by atoms with van der Waals surface area (Å²) in [7, 11) is 0. The average Bonchev–Trinajstić information content (AvgIpc) is 2.38. The number of phenolic OH excluding ortho intramolecular Hbond substituents is 1. The number of piperidine rings is 1. The first kappa shape index (κ1) is 11.5. The maximum Gasteiger partial charge on any atom is 0.253 e. The van der Waals surface area contributed by atoms with E-state index in [1.165, 1.54) is 6.07 Å². The zero-order valence-corrected chi connectivity index (χ0v) is 9.47. The van der Waals surface area contributed by atoms with Gasteiger partial charge in [-0.25, -0.2) is 0 Å². The number of carbonyl (C=O) groups excluding carboxylic acids is 1. The standard InChI is InChI=1S/C13H14N2O2/c14-9-10-4-6-15(7-5-10)13(17)11-2-1-3-12(16)8-11/h1-3,8,10,16H,4-7H2. The lowest BCUT2D eigenvalue weighted by Crippen LogP contribution is -2.38. The Bertz CT molecular complexity index is 457. The predicted molar refractivity (Wildman–Crippen MR) is 62.3 cm³/mol. The molecule has 1 saturated heterocycles. The van der Waals surface area contributed by atoms with Crippen LogP contribution in [0.2, 0.25) is 0 Å². The Hall–Kier alpha value is -2.02. The Balaban J connectivity index is 2.05. The number of hydrogen-bond acceptors (Lipinski definition) is 3. The van der Waals surface area contributed by atoms with Crippen molar-refractivity contribution in [2.24, 2.45) is 5.92 Å². The number of likely N-dealkylation sites (tertiary alicyclic amines) is 1. The van der Waals surface area contributed by atoms with Gasteiger partial charge in [-0.1, -0.05) is 6.07 Å². The van der Waals surface area contributed by atoms with Gasteiger partial charge < -0.3 is 10.0 Å². The second-order valence-electron chi connectivity index (χ2n) is 4.25. The molecule has 0 atom stereocenters. The SMILES string of the molecule is N#CC1CCN(C(=O)c2cccc(O)c2)CC1. The third-order valence-electron chi connectivity index (χ3n) is 3.06. The molecule has 1 aromatic rings. The molecule has 1 aliphatic rings. The molecule has 0 aromatic heterocycles. The average molecular weight is 230 g/mol. The van der Waals surface area contributed by atoms with Crippen LogP contribution < -0.4 is 0 Å². The summed E-state index contributed by atoms with van der Waals surface area (Å²) in [4.78, 5) is 13.8. The zero-order valence-electron chi connectivity index (χ0n) is 9.47. The molecule has 1 heterocycles. The number of rotatable bonds is 1. The summed E-state index contributed by atoms with van der Waals surface area (Å²) in [6.45, 7) is 1.24. The molecular weight excluding hydrogens is 216 g/mol. The molecular formula is C13H14N2O2. The number of benzene rings is 1. The van der Waals surface area contributed by atoms with Crippen molar-refractivity contribution in [1.82, 2.24) is 4.90 Å². The Morgan fingerprint density at radius 3 is 2.71 bits per heavy atom. The highest BCUT2D eigenvalue weighted by Crippen LogP contribution is 2.19. The van der Waals surface area contributed by atoms with Crippen LogP contribution in [0, 0.1) is 17.2 Å². The number of aromatic hydroxyl groups is 1. The smallest absolute Gasteiger partial charge is 0.253 e. The largest absolute Gasteiger partial charge is 0.508 e. The summed E-state index contributed by atoms with van der Waals surface area (Å²) in [6, 6.07) is 8.60. The van der Waals surface area contributed by atoms with Crippen molar-refractivity contribution in [1.29, 1.82) is 5.26 Å². The van der Waals surface area contributed by atoms with E-state index in [9.17, 15) is 9.90 Å². The van der Waals surface area contributed by atoms with E-state index >= 15 is 0 Å². The van der Waals surface area contributed by atoms with Gasteiger partial charge in [0.25, 0.3) is 5.91 Å². The number of nitrogens with zero attached hydrogens (tertiary/aromatic N) is 2. The van der Waals surface area contributed by atoms with Crippen molar-refractivity contribution in [3.8, 4) is 11.8 Å². The summed E-state index contributed by atoms with van der Waals surface area (Å²) in [5.74, 6) is 0.100. The van der Waals surface area contributed by atoms with Crippen LogP contribution in [0.4, 0.5) is 0 Å². The molecule has 1 aliphatic heterocycles. The molecule has 1 amide bonds. The lowest BCUT2D eigenvalue weighted by atomic mass is 9.98. The van der Waals surface area contributed by atoms with Gasteiger partial charge in [0.15, 0.2) is 0 Å². The van der Waals surface area contributed by atoms with Crippen LogP contribution in [0.15, 0.2) is 24.3 Å². The topological polar surface area (TPSA) is 64.3 Å². The summed E-state index contributed by atoms with van der Waals surface area (Å²) in [5.41, 5.74) is 0.500. The van der Waals surface area contributed by atoms with Gasteiger partial charge in [-0.3, -0.25) is 4.79 Å². The molecule has 0 saturated carbocycles. The molecule has 0 aliphatic carbocycles. The highest BCUT2D eigenvalue weighted by molar-refractivity contribution is 5.94. The molecule has 4 nitrogen and oxygen atoms in total. The van der Waals surface area contributed by atoms with E-state index < -0.39 is 0 Å². The van der Waals surface area contributed by atoms with Gasteiger partial charge in [0, 0.05) is 24.6 Å². The van der Waals surface area contributed by atoms with Crippen molar-refractivity contribution >= 4 is 5.91 Å². The molecule has 2 rings (SSSR count). The molecule has 1 fully saturated rings. The second-order valence-corrected chi connectivity index (χ2v) is 4.25. The second kappa shape index (κ2) is 4.88. The lowest BCUT2D eigenvalue weighted by Gasteiger charge is -2.29. The van der Waals surface area contributed by atoms with E-state index in [2.05, 4.69) is 6.07 Å². The van der Waals surface area contributed by atoms with Crippen molar-refractivity contribution in [3.05, 3.63) is 29.8 Å². The van der Waals surface area contributed by atoms with Gasteiger partial charge in [-0.05, 0) is 31.0 Å². The van der Waals surface area contributed by atoms with Crippen LogP contribution in [0.5, 0.6) is 5.75 Å².